The summed E-state index contributed by atoms with van der Waals surface area (Å²) in [7, 11) is 0. The fourth-order valence-corrected chi connectivity index (χ4v) is 2.97. The van der Waals surface area contributed by atoms with Crippen molar-refractivity contribution in [3.63, 3.8) is 0 Å². The van der Waals surface area contributed by atoms with Gasteiger partial charge >= 0.3 is 11.9 Å². The third-order valence-corrected chi connectivity index (χ3v) is 4.07. The molecule has 1 N–H and O–H groups in total. The Labute approximate surface area is 125 Å². The number of ether oxygens (including phenoxy) is 1. The first kappa shape index (κ1) is 15.5. The van der Waals surface area contributed by atoms with Crippen molar-refractivity contribution in [1.29, 1.82) is 0 Å². The molecule has 0 radical (unpaired) electrons. The van der Waals surface area contributed by atoms with Gasteiger partial charge in [-0.05, 0) is 17.9 Å². The molecule has 1 aliphatic carbocycles. The van der Waals surface area contributed by atoms with Crippen molar-refractivity contribution in [2.45, 2.75) is 45.1 Å². The van der Waals surface area contributed by atoms with E-state index in [1.54, 1.807) is 0 Å². The van der Waals surface area contributed by atoms with Crippen molar-refractivity contribution in [3.8, 4) is 0 Å². The Kier molecular flexibility index (Phi) is 5.78. The van der Waals surface area contributed by atoms with Gasteiger partial charge in [0, 0.05) is 0 Å². The summed E-state index contributed by atoms with van der Waals surface area (Å²) >= 11 is 0. The smallest absolute Gasteiger partial charge is 0.309 e. The largest absolute Gasteiger partial charge is 0.481 e. The van der Waals surface area contributed by atoms with E-state index in [2.05, 4.69) is 0 Å². The molecule has 21 heavy (non-hydrogen) atoms. The molecule has 1 aliphatic rings. The second-order valence-electron chi connectivity index (χ2n) is 5.77. The van der Waals surface area contributed by atoms with Crippen LogP contribution < -0.4 is 0 Å². The average molecular weight is 290 g/mol. The quantitative estimate of drug-likeness (QED) is 0.782. The fraction of sp³-hybridized carbons (Fsp3) is 0.529. The summed E-state index contributed by atoms with van der Waals surface area (Å²) in [6.45, 7) is 0.209. The summed E-state index contributed by atoms with van der Waals surface area (Å²) in [4.78, 5) is 23.1. The molecule has 1 aromatic carbocycles. The van der Waals surface area contributed by atoms with Crippen LogP contribution in [0.15, 0.2) is 30.3 Å². The molecule has 0 unspecified atom stereocenters. The van der Waals surface area contributed by atoms with Crippen LogP contribution in [0.3, 0.4) is 0 Å². The summed E-state index contributed by atoms with van der Waals surface area (Å²) in [5.74, 6) is -1.37. The maximum absolute atomic E-state index is 12.2. The highest BCUT2D eigenvalue weighted by Gasteiger charge is 2.28. The summed E-state index contributed by atoms with van der Waals surface area (Å²) < 4.78 is 5.30. The Morgan fingerprint density at radius 3 is 2.48 bits per heavy atom. The number of carbonyl (C=O) groups excluding carboxylic acids is 1. The number of carboxylic acids is 1. The van der Waals surface area contributed by atoms with Crippen LogP contribution in [0, 0.1) is 11.8 Å². The first-order valence-corrected chi connectivity index (χ1v) is 7.57. The van der Waals surface area contributed by atoms with Gasteiger partial charge in [0.1, 0.15) is 6.61 Å². The maximum atomic E-state index is 12.2. The van der Waals surface area contributed by atoms with Crippen molar-refractivity contribution in [2.75, 3.05) is 0 Å². The number of carbonyl (C=O) groups is 2. The molecule has 4 heteroatoms. The molecule has 0 spiro atoms. The predicted octanol–water partition coefficient (Wildman–Crippen LogP) is 3.40. The van der Waals surface area contributed by atoms with Gasteiger partial charge in [-0.2, -0.15) is 0 Å². The Balaban J connectivity index is 1.88. The van der Waals surface area contributed by atoms with Crippen molar-refractivity contribution in [1.82, 2.24) is 0 Å². The van der Waals surface area contributed by atoms with Crippen LogP contribution in [-0.2, 0) is 20.9 Å². The highest BCUT2D eigenvalue weighted by molar-refractivity contribution is 5.79. The van der Waals surface area contributed by atoms with E-state index in [0.717, 1.165) is 18.4 Å². The van der Waals surface area contributed by atoms with Gasteiger partial charge in [0.15, 0.2) is 0 Å². The number of benzene rings is 1. The van der Waals surface area contributed by atoms with E-state index in [-0.39, 0.29) is 19.0 Å². The van der Waals surface area contributed by atoms with Gasteiger partial charge in [-0.15, -0.1) is 0 Å². The third kappa shape index (κ3) is 5.21. The Morgan fingerprint density at radius 2 is 1.86 bits per heavy atom. The topological polar surface area (TPSA) is 63.6 Å². The molecule has 4 nitrogen and oxygen atoms in total. The molecule has 1 saturated carbocycles. The van der Waals surface area contributed by atoms with Crippen LogP contribution in [0.5, 0.6) is 0 Å². The number of rotatable bonds is 7. The first-order valence-electron chi connectivity index (χ1n) is 7.57. The standard InChI is InChI=1S/C17H22O4/c18-16(19)11-15(10-13-6-4-5-7-13)17(20)21-12-14-8-2-1-3-9-14/h1-3,8-9,13,15H,4-7,10-12H2,(H,18,19)/t15-/m1/s1. The molecule has 0 heterocycles. The second-order valence-corrected chi connectivity index (χ2v) is 5.77. The number of esters is 1. The zero-order valence-electron chi connectivity index (χ0n) is 12.2. The van der Waals surface area contributed by atoms with Gasteiger partial charge in [-0.3, -0.25) is 9.59 Å². The number of carboxylic acid groups (broad SMARTS) is 1. The SMILES string of the molecule is O=C(O)C[C@@H](CC1CCCC1)C(=O)OCc1ccccc1. The molecule has 2 rings (SSSR count). The van der Waals surface area contributed by atoms with Crippen molar-refractivity contribution >= 4 is 11.9 Å². The van der Waals surface area contributed by atoms with Crippen LogP contribution in [-0.4, -0.2) is 17.0 Å². The van der Waals surface area contributed by atoms with Crippen molar-refractivity contribution in [2.24, 2.45) is 11.8 Å². The van der Waals surface area contributed by atoms with E-state index in [1.807, 2.05) is 30.3 Å². The van der Waals surface area contributed by atoms with Gasteiger partial charge in [0.25, 0.3) is 0 Å². The van der Waals surface area contributed by atoms with Gasteiger partial charge in [-0.1, -0.05) is 56.0 Å². The minimum absolute atomic E-state index is 0.135. The molecular weight excluding hydrogens is 268 g/mol. The minimum Gasteiger partial charge on any atom is -0.481 e. The fourth-order valence-electron chi connectivity index (χ4n) is 2.97. The molecular formula is C17H22O4. The number of hydrogen-bond acceptors (Lipinski definition) is 3. The summed E-state index contributed by atoms with van der Waals surface area (Å²) in [5, 5.41) is 8.98. The van der Waals surface area contributed by atoms with E-state index in [1.165, 1.54) is 12.8 Å². The monoisotopic (exact) mass is 290 g/mol. The zero-order valence-corrected chi connectivity index (χ0v) is 12.2. The van der Waals surface area contributed by atoms with Gasteiger partial charge < -0.3 is 9.84 Å². The molecule has 0 aliphatic heterocycles. The van der Waals surface area contributed by atoms with Gasteiger partial charge in [0.2, 0.25) is 0 Å². The second kappa shape index (κ2) is 7.81. The van der Waals surface area contributed by atoms with Crippen LogP contribution in [0.1, 0.15) is 44.1 Å². The molecule has 1 atom stereocenters. The lowest BCUT2D eigenvalue weighted by Crippen LogP contribution is -2.23. The number of aliphatic carboxylic acids is 1. The van der Waals surface area contributed by atoms with Crippen molar-refractivity contribution in [3.05, 3.63) is 35.9 Å². The average Bonchev–Trinajstić information content (AvgIpc) is 2.98. The van der Waals surface area contributed by atoms with Crippen LogP contribution in [0.4, 0.5) is 0 Å². The lowest BCUT2D eigenvalue weighted by molar-refractivity contribution is -0.154. The van der Waals surface area contributed by atoms with E-state index < -0.39 is 11.9 Å². The van der Waals surface area contributed by atoms with Crippen LogP contribution in [0.25, 0.3) is 0 Å². The summed E-state index contributed by atoms with van der Waals surface area (Å²) in [5.41, 5.74) is 0.917. The zero-order chi connectivity index (χ0) is 15.1. The first-order chi connectivity index (χ1) is 10.1. The molecule has 1 fully saturated rings. The van der Waals surface area contributed by atoms with E-state index >= 15 is 0 Å². The van der Waals surface area contributed by atoms with Gasteiger partial charge in [-0.25, -0.2) is 0 Å². The molecule has 0 bridgehead atoms. The van der Waals surface area contributed by atoms with E-state index in [9.17, 15) is 9.59 Å². The molecule has 1 aromatic rings. The van der Waals surface area contributed by atoms with E-state index in [0.29, 0.717) is 12.3 Å². The number of hydrogen-bond donors (Lipinski definition) is 1. The summed E-state index contributed by atoms with van der Waals surface area (Å²) in [6, 6.07) is 9.44. The van der Waals surface area contributed by atoms with Crippen molar-refractivity contribution < 1.29 is 19.4 Å². The maximum Gasteiger partial charge on any atom is 0.309 e. The lowest BCUT2D eigenvalue weighted by atomic mass is 9.91. The minimum atomic E-state index is -0.936. The van der Waals surface area contributed by atoms with E-state index in [4.69, 9.17) is 9.84 Å². The van der Waals surface area contributed by atoms with Crippen LogP contribution >= 0.6 is 0 Å². The molecule has 0 aromatic heterocycles. The Bertz CT molecular complexity index is 463. The van der Waals surface area contributed by atoms with Crippen LogP contribution in [0.2, 0.25) is 0 Å². The Hall–Kier alpha value is -1.84. The van der Waals surface area contributed by atoms with Gasteiger partial charge in [0.05, 0.1) is 12.3 Å². The normalized spacial score (nSPS) is 16.6. The summed E-state index contributed by atoms with van der Waals surface area (Å²) in [6.07, 6.45) is 5.07. The molecule has 0 saturated heterocycles. The lowest BCUT2D eigenvalue weighted by Gasteiger charge is -2.18. The third-order valence-electron chi connectivity index (χ3n) is 4.07. The highest BCUT2D eigenvalue weighted by Crippen LogP contribution is 2.31. The highest BCUT2D eigenvalue weighted by atomic mass is 16.5. The molecule has 0 amide bonds. The predicted molar refractivity (Wildman–Crippen MR) is 78.6 cm³/mol. The Morgan fingerprint density at radius 1 is 1.19 bits per heavy atom. The molecule has 114 valence electrons.